The number of nitrogens with zero attached hydrogens (tertiary/aromatic N) is 1. The van der Waals surface area contributed by atoms with Gasteiger partial charge in [-0.05, 0) is 75.1 Å². The maximum atomic E-state index is 13.0. The van der Waals surface area contributed by atoms with Gasteiger partial charge in [0, 0.05) is 17.8 Å². The van der Waals surface area contributed by atoms with Crippen LogP contribution in [0.4, 0.5) is 19.0 Å². The molecule has 0 radical (unpaired) electrons. The molecule has 37 heavy (non-hydrogen) atoms. The number of pyridine rings is 1. The number of aliphatic hydroxyl groups excluding tert-OH is 1. The van der Waals surface area contributed by atoms with E-state index in [1.165, 1.54) is 11.6 Å². The molecule has 1 aliphatic rings. The van der Waals surface area contributed by atoms with Gasteiger partial charge in [0.15, 0.2) is 0 Å². The van der Waals surface area contributed by atoms with Crippen LogP contribution in [0.1, 0.15) is 87.1 Å². The molecule has 0 spiro atoms. The lowest BCUT2D eigenvalue weighted by Gasteiger charge is -2.18. The third kappa shape index (κ3) is 11.5. The zero-order valence-corrected chi connectivity index (χ0v) is 21.8. The van der Waals surface area contributed by atoms with Crippen LogP contribution in [0.15, 0.2) is 36.4 Å². The largest absolute Gasteiger partial charge is 0.481 e. The van der Waals surface area contributed by atoms with Crippen molar-refractivity contribution in [1.29, 1.82) is 0 Å². The van der Waals surface area contributed by atoms with Gasteiger partial charge >= 0.3 is 12.1 Å². The predicted molar refractivity (Wildman–Crippen MR) is 140 cm³/mol. The molecule has 2 aromatic rings. The van der Waals surface area contributed by atoms with Crippen LogP contribution in [-0.4, -0.2) is 39.9 Å². The fourth-order valence-electron chi connectivity index (χ4n) is 4.12. The molecule has 0 fully saturated rings. The first-order valence-corrected chi connectivity index (χ1v) is 12.9. The second-order valence-electron chi connectivity index (χ2n) is 10.4. The number of unbranched alkanes of at least 4 members (excludes halogenated alkanes) is 3. The Balaban J connectivity index is 0.000000717. The lowest BCUT2D eigenvalue weighted by molar-refractivity contribution is -0.138. The Bertz CT molecular complexity index is 991. The summed E-state index contributed by atoms with van der Waals surface area (Å²) in [5.74, 6) is -0.399. The smallest absolute Gasteiger partial charge is 0.416 e. The summed E-state index contributed by atoms with van der Waals surface area (Å²) in [5.41, 5.74) is 6.94. The van der Waals surface area contributed by atoms with Gasteiger partial charge in [-0.15, -0.1) is 0 Å². The van der Waals surface area contributed by atoms with Crippen molar-refractivity contribution in [2.75, 3.05) is 18.5 Å². The molecule has 1 atom stereocenters. The quantitative estimate of drug-likeness (QED) is 0.272. The van der Waals surface area contributed by atoms with Gasteiger partial charge in [-0.3, -0.25) is 4.79 Å². The van der Waals surface area contributed by atoms with Crippen molar-refractivity contribution >= 4 is 11.8 Å². The Morgan fingerprint density at radius 3 is 2.49 bits per heavy atom. The summed E-state index contributed by atoms with van der Waals surface area (Å²) in [7, 11) is 0. The Morgan fingerprint density at radius 1 is 1.14 bits per heavy atom. The molecule has 5 N–H and O–H groups in total. The van der Waals surface area contributed by atoms with E-state index in [4.69, 9.17) is 15.8 Å². The van der Waals surface area contributed by atoms with Gasteiger partial charge in [0.25, 0.3) is 0 Å². The standard InChI is InChI=1S/C24H29F3N2O2.C4H11NO/c25-24(26,27)20-10-5-8-18(15-20)19(16-22(30)31)7-3-1-2-4-11-21-13-12-17-9-6-14-28-23(17)29-21;1-4(2,5)3-6/h5,8,10,12-13,15,19H,1-4,6-7,9,11,14,16H2,(H,28,29)(H,30,31);6H,3,5H2,1-2H3. The number of carboxylic acid groups (broad SMARTS) is 1. The number of rotatable bonds is 11. The minimum absolute atomic E-state index is 0.0486. The molecule has 6 nitrogen and oxygen atoms in total. The van der Waals surface area contributed by atoms with E-state index in [9.17, 15) is 23.1 Å². The van der Waals surface area contributed by atoms with Crippen LogP contribution in [0.2, 0.25) is 0 Å². The summed E-state index contributed by atoms with van der Waals surface area (Å²) >= 11 is 0. The predicted octanol–water partition coefficient (Wildman–Crippen LogP) is 5.93. The molecule has 2 heterocycles. The third-order valence-corrected chi connectivity index (χ3v) is 6.20. The number of aryl methyl sites for hydroxylation is 2. The Hall–Kier alpha value is -2.65. The van der Waals surface area contributed by atoms with Gasteiger partial charge in [0.05, 0.1) is 18.6 Å². The number of carbonyl (C=O) groups is 1. The monoisotopic (exact) mass is 523 g/mol. The summed E-state index contributed by atoms with van der Waals surface area (Å²) in [4.78, 5) is 15.9. The third-order valence-electron chi connectivity index (χ3n) is 6.20. The molecule has 0 aliphatic carbocycles. The van der Waals surface area contributed by atoms with Crippen LogP contribution in [0.25, 0.3) is 0 Å². The number of nitrogens with one attached hydrogen (secondary N) is 1. The van der Waals surface area contributed by atoms with E-state index in [-0.39, 0.29) is 13.0 Å². The van der Waals surface area contributed by atoms with E-state index in [1.807, 2.05) is 0 Å². The van der Waals surface area contributed by atoms with Crippen LogP contribution >= 0.6 is 0 Å². The summed E-state index contributed by atoms with van der Waals surface area (Å²) in [5, 5.41) is 20.8. The number of nitrogens with two attached hydrogens (primary N) is 1. The highest BCUT2D eigenvalue weighted by atomic mass is 19.4. The first-order valence-electron chi connectivity index (χ1n) is 12.9. The average molecular weight is 524 g/mol. The maximum Gasteiger partial charge on any atom is 0.416 e. The molecule has 1 aliphatic heterocycles. The SMILES string of the molecule is CC(C)(N)CO.O=C(O)CC(CCCCCCc1ccc2c(n1)NCCC2)c1cccc(C(F)(F)F)c1. The normalized spacial score (nSPS) is 14.1. The van der Waals surface area contributed by atoms with Gasteiger partial charge < -0.3 is 21.3 Å². The number of alkyl halides is 3. The van der Waals surface area contributed by atoms with Gasteiger partial charge in [-0.25, -0.2) is 4.98 Å². The highest BCUT2D eigenvalue weighted by Crippen LogP contribution is 2.33. The summed E-state index contributed by atoms with van der Waals surface area (Å²) in [6.45, 7) is 4.56. The zero-order chi connectivity index (χ0) is 27.5. The van der Waals surface area contributed by atoms with Crippen molar-refractivity contribution in [3.8, 4) is 0 Å². The lowest BCUT2D eigenvalue weighted by Crippen LogP contribution is -2.35. The molecule has 1 unspecified atom stereocenters. The van der Waals surface area contributed by atoms with Crippen molar-refractivity contribution in [3.63, 3.8) is 0 Å². The molecule has 0 amide bonds. The molecule has 0 bridgehead atoms. The maximum absolute atomic E-state index is 13.0. The van der Waals surface area contributed by atoms with Gasteiger partial charge in [-0.1, -0.05) is 43.5 Å². The second-order valence-corrected chi connectivity index (χ2v) is 10.4. The molecule has 206 valence electrons. The van der Waals surface area contributed by atoms with E-state index in [2.05, 4.69) is 17.4 Å². The molecular formula is C28H40F3N3O3. The van der Waals surface area contributed by atoms with Crippen LogP contribution in [0, 0.1) is 0 Å². The molecule has 0 saturated heterocycles. The summed E-state index contributed by atoms with van der Waals surface area (Å²) < 4.78 is 39.0. The van der Waals surface area contributed by atoms with E-state index >= 15 is 0 Å². The zero-order valence-electron chi connectivity index (χ0n) is 21.8. The minimum atomic E-state index is -4.43. The number of fused-ring (bicyclic) bond motifs is 1. The minimum Gasteiger partial charge on any atom is -0.481 e. The Kier molecular flexibility index (Phi) is 11.8. The van der Waals surface area contributed by atoms with Crippen molar-refractivity contribution in [3.05, 3.63) is 58.8 Å². The number of hydrogen-bond acceptors (Lipinski definition) is 5. The van der Waals surface area contributed by atoms with E-state index in [1.54, 1.807) is 19.9 Å². The van der Waals surface area contributed by atoms with Gasteiger partial charge in [0.2, 0.25) is 0 Å². The molecule has 3 rings (SSSR count). The number of hydrogen-bond donors (Lipinski definition) is 4. The topological polar surface area (TPSA) is 108 Å². The van der Waals surface area contributed by atoms with Crippen LogP contribution in [-0.2, 0) is 23.8 Å². The molecule has 1 aromatic heterocycles. The highest BCUT2D eigenvalue weighted by Gasteiger charge is 2.31. The number of aliphatic hydroxyl groups is 1. The second kappa shape index (κ2) is 14.3. The molecule has 1 aromatic carbocycles. The van der Waals surface area contributed by atoms with Crippen LogP contribution in [0.5, 0.6) is 0 Å². The lowest BCUT2D eigenvalue weighted by atomic mass is 9.89. The number of anilines is 1. The number of carboxylic acids is 1. The molecular weight excluding hydrogens is 483 g/mol. The average Bonchev–Trinajstić information content (AvgIpc) is 2.84. The first kappa shape index (κ1) is 30.6. The number of halogens is 3. The summed E-state index contributed by atoms with van der Waals surface area (Å²) in [6.07, 6.45) is 2.74. The van der Waals surface area contributed by atoms with E-state index in [0.717, 1.165) is 75.1 Å². The van der Waals surface area contributed by atoms with Crippen molar-refractivity contribution in [2.45, 2.75) is 89.3 Å². The first-order chi connectivity index (χ1) is 17.4. The van der Waals surface area contributed by atoms with Crippen molar-refractivity contribution in [1.82, 2.24) is 4.98 Å². The number of aliphatic carboxylic acids is 1. The fourth-order valence-corrected chi connectivity index (χ4v) is 4.12. The number of benzene rings is 1. The summed E-state index contributed by atoms with van der Waals surface area (Å²) in [6, 6.07) is 9.29. The van der Waals surface area contributed by atoms with Gasteiger partial charge in [0.1, 0.15) is 5.82 Å². The van der Waals surface area contributed by atoms with Crippen molar-refractivity contribution < 1.29 is 28.2 Å². The molecule has 9 heteroatoms. The van der Waals surface area contributed by atoms with Crippen LogP contribution < -0.4 is 11.1 Å². The number of aromatic nitrogens is 1. The Morgan fingerprint density at radius 2 is 1.84 bits per heavy atom. The Labute approximate surface area is 217 Å². The highest BCUT2D eigenvalue weighted by molar-refractivity contribution is 5.68. The fraction of sp³-hybridized carbons (Fsp3) is 0.571. The van der Waals surface area contributed by atoms with E-state index < -0.39 is 29.2 Å². The van der Waals surface area contributed by atoms with E-state index in [0.29, 0.717) is 12.0 Å². The molecule has 0 saturated carbocycles. The van der Waals surface area contributed by atoms with Crippen molar-refractivity contribution in [2.24, 2.45) is 5.73 Å². The van der Waals surface area contributed by atoms with Crippen LogP contribution in [0.3, 0.4) is 0 Å². The van der Waals surface area contributed by atoms with Gasteiger partial charge in [-0.2, -0.15) is 13.2 Å².